The zero-order chi connectivity index (χ0) is 13.7. The monoisotopic (exact) mass is 278 g/mol. The van der Waals surface area contributed by atoms with E-state index in [2.05, 4.69) is 9.97 Å². The molecular weight excluding hydrogens is 264 g/mol. The molecule has 1 aromatic carbocycles. The highest BCUT2D eigenvalue weighted by molar-refractivity contribution is 7.71. The molecule has 5 nitrogen and oxygen atoms in total. The van der Waals surface area contributed by atoms with E-state index in [0.29, 0.717) is 24.7 Å². The van der Waals surface area contributed by atoms with Crippen molar-refractivity contribution in [2.45, 2.75) is 0 Å². The van der Waals surface area contributed by atoms with E-state index in [1.807, 2.05) is 24.3 Å². The van der Waals surface area contributed by atoms with Gasteiger partial charge in [-0.1, -0.05) is 12.1 Å². The molecule has 1 heterocycles. The quantitative estimate of drug-likeness (QED) is 0.649. The number of nitrogens with one attached hydrogen (secondary N) is 2. The summed E-state index contributed by atoms with van der Waals surface area (Å²) >= 11 is 4.96. The van der Waals surface area contributed by atoms with Crippen molar-refractivity contribution in [2.75, 3.05) is 20.3 Å². The molecule has 0 amide bonds. The van der Waals surface area contributed by atoms with E-state index in [-0.39, 0.29) is 10.3 Å². The van der Waals surface area contributed by atoms with Crippen LogP contribution in [0.2, 0.25) is 0 Å². The lowest BCUT2D eigenvalue weighted by Crippen LogP contribution is -2.08. The molecule has 19 heavy (non-hydrogen) atoms. The number of aromatic nitrogens is 2. The molecule has 0 aliphatic carbocycles. The van der Waals surface area contributed by atoms with Gasteiger partial charge in [0.2, 0.25) is 0 Å². The van der Waals surface area contributed by atoms with Gasteiger partial charge >= 0.3 is 0 Å². The van der Waals surface area contributed by atoms with Crippen LogP contribution in [-0.2, 0) is 4.74 Å². The first-order valence-corrected chi connectivity index (χ1v) is 6.16. The summed E-state index contributed by atoms with van der Waals surface area (Å²) in [4.78, 5) is 16.9. The molecule has 0 saturated carbocycles. The van der Waals surface area contributed by atoms with Crippen LogP contribution in [0, 0.1) is 4.77 Å². The number of hydrogen-bond acceptors (Lipinski definition) is 4. The predicted octanol–water partition coefficient (Wildman–Crippen LogP) is 2.12. The Morgan fingerprint density at radius 2 is 2.00 bits per heavy atom. The van der Waals surface area contributed by atoms with Crippen LogP contribution < -0.4 is 10.3 Å². The van der Waals surface area contributed by atoms with Crippen molar-refractivity contribution in [2.24, 2.45) is 0 Å². The summed E-state index contributed by atoms with van der Waals surface area (Å²) in [6.45, 7) is 0.942. The SMILES string of the molecule is COCCOc1ccccc1-c1cc(=O)[nH]c(=S)[nH]1. The summed E-state index contributed by atoms with van der Waals surface area (Å²) in [5, 5.41) is 0. The Hall–Kier alpha value is -1.92. The maximum atomic E-state index is 11.5. The van der Waals surface area contributed by atoms with E-state index in [4.69, 9.17) is 21.7 Å². The second-order valence-corrected chi connectivity index (χ2v) is 4.25. The predicted molar refractivity (Wildman–Crippen MR) is 75.1 cm³/mol. The number of aromatic amines is 2. The fraction of sp³-hybridized carbons (Fsp3) is 0.231. The van der Waals surface area contributed by atoms with E-state index >= 15 is 0 Å². The molecule has 0 radical (unpaired) electrons. The van der Waals surface area contributed by atoms with E-state index in [9.17, 15) is 4.79 Å². The fourth-order valence-corrected chi connectivity index (χ4v) is 1.87. The van der Waals surface area contributed by atoms with Gasteiger partial charge in [-0.15, -0.1) is 0 Å². The van der Waals surface area contributed by atoms with Crippen molar-refractivity contribution in [1.82, 2.24) is 9.97 Å². The number of methoxy groups -OCH3 is 1. The Morgan fingerprint density at radius 1 is 1.21 bits per heavy atom. The molecule has 2 aromatic rings. The van der Waals surface area contributed by atoms with Crippen LogP contribution in [0.3, 0.4) is 0 Å². The highest BCUT2D eigenvalue weighted by Crippen LogP contribution is 2.27. The summed E-state index contributed by atoms with van der Waals surface area (Å²) in [7, 11) is 1.61. The number of hydrogen-bond donors (Lipinski definition) is 2. The van der Waals surface area contributed by atoms with E-state index in [1.54, 1.807) is 7.11 Å². The second kappa shape index (κ2) is 6.31. The van der Waals surface area contributed by atoms with Crippen LogP contribution in [0.15, 0.2) is 35.1 Å². The van der Waals surface area contributed by atoms with Crippen molar-refractivity contribution in [1.29, 1.82) is 0 Å². The molecule has 0 aliphatic rings. The van der Waals surface area contributed by atoms with Crippen LogP contribution in [0.1, 0.15) is 0 Å². The molecule has 0 spiro atoms. The van der Waals surface area contributed by atoms with Crippen molar-refractivity contribution in [3.63, 3.8) is 0 Å². The molecule has 1 aromatic heterocycles. The number of benzene rings is 1. The van der Waals surface area contributed by atoms with Gasteiger partial charge in [0, 0.05) is 18.7 Å². The van der Waals surface area contributed by atoms with Crippen molar-refractivity contribution < 1.29 is 9.47 Å². The first-order chi connectivity index (χ1) is 9.20. The van der Waals surface area contributed by atoms with Gasteiger partial charge in [0.05, 0.1) is 12.3 Å². The van der Waals surface area contributed by atoms with Crippen LogP contribution in [0.5, 0.6) is 5.75 Å². The van der Waals surface area contributed by atoms with Gasteiger partial charge in [-0.2, -0.15) is 0 Å². The minimum atomic E-state index is -0.245. The Balaban J connectivity index is 2.38. The number of para-hydroxylation sites is 1. The Kier molecular flexibility index (Phi) is 4.48. The van der Waals surface area contributed by atoms with Crippen LogP contribution in [0.25, 0.3) is 11.3 Å². The summed E-state index contributed by atoms with van der Waals surface area (Å²) in [6.07, 6.45) is 0. The lowest BCUT2D eigenvalue weighted by Gasteiger charge is -2.10. The third kappa shape index (κ3) is 3.52. The van der Waals surface area contributed by atoms with Crippen LogP contribution in [-0.4, -0.2) is 30.3 Å². The van der Waals surface area contributed by atoms with Gasteiger partial charge in [0.1, 0.15) is 12.4 Å². The Morgan fingerprint density at radius 3 is 2.74 bits per heavy atom. The minimum absolute atomic E-state index is 0.245. The molecule has 0 bridgehead atoms. The number of ether oxygens (including phenoxy) is 2. The smallest absolute Gasteiger partial charge is 0.252 e. The zero-order valence-corrected chi connectivity index (χ0v) is 11.3. The third-order valence-corrected chi connectivity index (χ3v) is 2.69. The summed E-state index contributed by atoms with van der Waals surface area (Å²) < 4.78 is 10.8. The van der Waals surface area contributed by atoms with Gasteiger partial charge in [0.25, 0.3) is 5.56 Å². The van der Waals surface area contributed by atoms with Crippen LogP contribution in [0.4, 0.5) is 0 Å². The van der Waals surface area contributed by atoms with Crippen molar-refractivity contribution in [3.8, 4) is 17.0 Å². The molecule has 0 aliphatic heterocycles. The van der Waals surface area contributed by atoms with Gasteiger partial charge in [-0.3, -0.25) is 9.78 Å². The summed E-state index contributed by atoms with van der Waals surface area (Å²) in [5.41, 5.74) is 1.17. The van der Waals surface area contributed by atoms with Gasteiger partial charge in [-0.25, -0.2) is 0 Å². The molecule has 100 valence electrons. The average Bonchev–Trinajstić information content (AvgIpc) is 2.38. The van der Waals surface area contributed by atoms with Crippen LogP contribution >= 0.6 is 12.2 Å². The highest BCUT2D eigenvalue weighted by atomic mass is 32.1. The molecule has 0 atom stereocenters. The Bertz CT molecular complexity index is 635. The van der Waals surface area contributed by atoms with E-state index < -0.39 is 0 Å². The number of rotatable bonds is 5. The van der Waals surface area contributed by atoms with Crippen molar-refractivity contribution in [3.05, 3.63) is 45.5 Å². The largest absolute Gasteiger partial charge is 0.490 e. The maximum absolute atomic E-state index is 11.5. The van der Waals surface area contributed by atoms with Crippen molar-refractivity contribution >= 4 is 12.2 Å². The zero-order valence-electron chi connectivity index (χ0n) is 10.4. The molecule has 2 rings (SSSR count). The summed E-state index contributed by atoms with van der Waals surface area (Å²) in [6, 6.07) is 8.89. The third-order valence-electron chi connectivity index (χ3n) is 2.48. The minimum Gasteiger partial charge on any atom is -0.490 e. The fourth-order valence-electron chi connectivity index (χ4n) is 1.66. The van der Waals surface area contributed by atoms with E-state index in [0.717, 1.165) is 5.56 Å². The topological polar surface area (TPSA) is 67.1 Å². The molecule has 0 fully saturated rings. The maximum Gasteiger partial charge on any atom is 0.252 e. The summed E-state index contributed by atoms with van der Waals surface area (Å²) in [5.74, 6) is 0.677. The van der Waals surface area contributed by atoms with Gasteiger partial charge in [0.15, 0.2) is 4.77 Å². The van der Waals surface area contributed by atoms with Gasteiger partial charge in [-0.05, 0) is 24.4 Å². The lowest BCUT2D eigenvalue weighted by molar-refractivity contribution is 0.146. The molecule has 6 heteroatoms. The standard InChI is InChI=1S/C13H14N2O3S/c1-17-6-7-18-11-5-3-2-4-9(11)10-8-12(16)15-13(19)14-10/h2-5,8H,6-7H2,1H3,(H2,14,15,16,19). The second-order valence-electron chi connectivity index (χ2n) is 3.84. The normalized spacial score (nSPS) is 10.4. The molecule has 2 N–H and O–H groups in total. The van der Waals surface area contributed by atoms with Gasteiger partial charge < -0.3 is 14.5 Å². The molecule has 0 unspecified atom stereocenters. The first-order valence-electron chi connectivity index (χ1n) is 5.75. The lowest BCUT2D eigenvalue weighted by atomic mass is 10.1. The highest BCUT2D eigenvalue weighted by Gasteiger charge is 2.07. The Labute approximate surface area is 115 Å². The molecule has 0 saturated heterocycles. The number of H-pyrrole nitrogens is 2. The average molecular weight is 278 g/mol. The van der Waals surface area contributed by atoms with E-state index in [1.165, 1.54) is 6.07 Å². The molecular formula is C13H14N2O3S. The first kappa shape index (κ1) is 13.5.